The Labute approximate surface area is 127 Å². The number of unbranched alkanes of at least 4 members (excludes halogenated alkanes) is 1. The van der Waals surface area contributed by atoms with E-state index in [1.165, 1.54) is 12.1 Å². The predicted molar refractivity (Wildman–Crippen MR) is 81.2 cm³/mol. The van der Waals surface area contributed by atoms with E-state index >= 15 is 0 Å². The van der Waals surface area contributed by atoms with Crippen molar-refractivity contribution >= 4 is 15.9 Å². The summed E-state index contributed by atoms with van der Waals surface area (Å²) in [6, 6.07) is 5.59. The van der Waals surface area contributed by atoms with Gasteiger partial charge in [-0.2, -0.15) is 13.2 Å². The normalized spacial score (nSPS) is 15.1. The van der Waals surface area contributed by atoms with E-state index in [0.29, 0.717) is 0 Å². The summed E-state index contributed by atoms with van der Waals surface area (Å²) in [7, 11) is 0. The number of benzene rings is 1. The Morgan fingerprint density at radius 1 is 1.05 bits per heavy atom. The molecule has 1 unspecified atom stereocenters. The molecule has 0 aliphatic heterocycles. The van der Waals surface area contributed by atoms with Gasteiger partial charge in [0.15, 0.2) is 0 Å². The second-order valence-corrected chi connectivity index (χ2v) is 6.02. The molecule has 4 heteroatoms. The molecule has 20 heavy (non-hydrogen) atoms. The predicted octanol–water partition coefficient (Wildman–Crippen LogP) is 6.23. The lowest BCUT2D eigenvalue weighted by atomic mass is 9.77. The Morgan fingerprint density at radius 3 is 2.05 bits per heavy atom. The van der Waals surface area contributed by atoms with Crippen molar-refractivity contribution in [3.63, 3.8) is 0 Å². The first-order valence-electron chi connectivity index (χ1n) is 7.09. The monoisotopic (exact) mass is 350 g/mol. The smallest absolute Gasteiger partial charge is 0.166 e. The molecule has 0 nitrogen and oxygen atoms in total. The van der Waals surface area contributed by atoms with Crippen molar-refractivity contribution in [3.05, 3.63) is 35.4 Å². The quantitative estimate of drug-likeness (QED) is 0.511. The molecule has 0 saturated heterocycles. The molecule has 0 fully saturated rings. The van der Waals surface area contributed by atoms with Gasteiger partial charge in [0.1, 0.15) is 0 Å². The van der Waals surface area contributed by atoms with E-state index in [4.69, 9.17) is 0 Å². The van der Waals surface area contributed by atoms with Crippen LogP contribution >= 0.6 is 15.9 Å². The number of hydrogen-bond donors (Lipinski definition) is 0. The van der Waals surface area contributed by atoms with Crippen LogP contribution in [0.4, 0.5) is 13.2 Å². The number of hydrogen-bond acceptors (Lipinski definition) is 0. The zero-order valence-corrected chi connectivity index (χ0v) is 13.6. The molecular weight excluding hydrogens is 329 g/mol. The maximum atomic E-state index is 12.5. The Hall–Kier alpha value is -0.510. The standard InChI is InChI=1S/C16H22BrF3/c1-3-5-10-15(4-2,12-17)11-13-6-8-14(9-7-13)16(18,19)20/h6-9H,3-5,10-12H2,1-2H3. The van der Waals surface area contributed by atoms with Gasteiger partial charge in [-0.15, -0.1) is 0 Å². The maximum Gasteiger partial charge on any atom is 0.416 e. The average molecular weight is 351 g/mol. The first kappa shape index (κ1) is 17.5. The molecule has 0 aliphatic carbocycles. The molecule has 0 spiro atoms. The fraction of sp³-hybridized carbons (Fsp3) is 0.625. The molecule has 114 valence electrons. The molecule has 1 aromatic carbocycles. The summed E-state index contributed by atoms with van der Waals surface area (Å²) in [4.78, 5) is 0. The second-order valence-electron chi connectivity index (χ2n) is 5.46. The third-order valence-corrected chi connectivity index (χ3v) is 5.14. The van der Waals surface area contributed by atoms with Crippen LogP contribution in [0.1, 0.15) is 50.7 Å². The minimum Gasteiger partial charge on any atom is -0.166 e. The lowest BCUT2D eigenvalue weighted by Crippen LogP contribution is -2.25. The molecule has 0 saturated carbocycles. The minimum absolute atomic E-state index is 0.149. The van der Waals surface area contributed by atoms with Crippen molar-refractivity contribution in [2.75, 3.05) is 5.33 Å². The van der Waals surface area contributed by atoms with Crippen LogP contribution in [-0.4, -0.2) is 5.33 Å². The Balaban J connectivity index is 2.84. The van der Waals surface area contributed by atoms with Crippen LogP contribution in [0.3, 0.4) is 0 Å². The Bertz CT molecular complexity index is 391. The van der Waals surface area contributed by atoms with Crippen molar-refractivity contribution in [3.8, 4) is 0 Å². The molecule has 0 bridgehead atoms. The summed E-state index contributed by atoms with van der Waals surface area (Å²) in [6.07, 6.45) is 0.998. The van der Waals surface area contributed by atoms with Crippen molar-refractivity contribution < 1.29 is 13.2 Å². The Morgan fingerprint density at radius 2 is 1.65 bits per heavy atom. The van der Waals surface area contributed by atoms with Crippen LogP contribution in [0.15, 0.2) is 24.3 Å². The highest BCUT2D eigenvalue weighted by Gasteiger charge is 2.31. The molecule has 1 rings (SSSR count). The summed E-state index contributed by atoms with van der Waals surface area (Å²) >= 11 is 3.59. The zero-order chi connectivity index (χ0) is 15.2. The summed E-state index contributed by atoms with van der Waals surface area (Å²) in [5, 5.41) is 0.886. The van der Waals surface area contributed by atoms with Gasteiger partial charge in [-0.3, -0.25) is 0 Å². The van der Waals surface area contributed by atoms with Gasteiger partial charge in [0.25, 0.3) is 0 Å². The van der Waals surface area contributed by atoms with Crippen LogP contribution in [0.2, 0.25) is 0 Å². The fourth-order valence-electron chi connectivity index (χ4n) is 2.40. The highest BCUT2D eigenvalue weighted by Crippen LogP contribution is 2.36. The van der Waals surface area contributed by atoms with Crippen LogP contribution < -0.4 is 0 Å². The van der Waals surface area contributed by atoms with E-state index in [0.717, 1.165) is 43.0 Å². The zero-order valence-electron chi connectivity index (χ0n) is 12.1. The van der Waals surface area contributed by atoms with Crippen molar-refractivity contribution in [1.82, 2.24) is 0 Å². The lowest BCUT2D eigenvalue weighted by Gasteiger charge is -2.31. The van der Waals surface area contributed by atoms with Crippen LogP contribution in [0.25, 0.3) is 0 Å². The van der Waals surface area contributed by atoms with Gasteiger partial charge in [0, 0.05) is 5.33 Å². The molecule has 0 radical (unpaired) electrons. The van der Waals surface area contributed by atoms with Gasteiger partial charge in [0.05, 0.1) is 5.56 Å². The topological polar surface area (TPSA) is 0 Å². The van der Waals surface area contributed by atoms with Gasteiger partial charge >= 0.3 is 6.18 Å². The van der Waals surface area contributed by atoms with Crippen LogP contribution in [0.5, 0.6) is 0 Å². The van der Waals surface area contributed by atoms with Crippen LogP contribution in [-0.2, 0) is 12.6 Å². The minimum atomic E-state index is -4.25. The molecule has 1 atom stereocenters. The molecule has 0 aliphatic rings. The van der Waals surface area contributed by atoms with E-state index in [-0.39, 0.29) is 5.41 Å². The van der Waals surface area contributed by atoms with Gasteiger partial charge < -0.3 is 0 Å². The summed E-state index contributed by atoms with van der Waals surface area (Å²) in [5.41, 5.74) is 0.557. The molecule has 0 N–H and O–H groups in total. The Kier molecular flexibility index (Phi) is 6.56. The first-order valence-corrected chi connectivity index (χ1v) is 8.21. The van der Waals surface area contributed by atoms with Gasteiger partial charge in [-0.05, 0) is 42.4 Å². The maximum absolute atomic E-state index is 12.5. The van der Waals surface area contributed by atoms with E-state index in [2.05, 4.69) is 29.8 Å². The molecule has 0 heterocycles. The second kappa shape index (κ2) is 7.48. The first-order chi connectivity index (χ1) is 9.37. The van der Waals surface area contributed by atoms with Gasteiger partial charge in [-0.1, -0.05) is 54.8 Å². The van der Waals surface area contributed by atoms with E-state index < -0.39 is 11.7 Å². The average Bonchev–Trinajstić information content (AvgIpc) is 2.43. The van der Waals surface area contributed by atoms with Crippen LogP contribution in [0, 0.1) is 5.41 Å². The number of alkyl halides is 4. The summed E-state index contributed by atoms with van der Waals surface area (Å²) in [5.74, 6) is 0. The summed E-state index contributed by atoms with van der Waals surface area (Å²) in [6.45, 7) is 4.31. The fourth-order valence-corrected chi connectivity index (χ4v) is 3.27. The lowest BCUT2D eigenvalue weighted by molar-refractivity contribution is -0.137. The largest absolute Gasteiger partial charge is 0.416 e. The summed E-state index contributed by atoms with van der Waals surface area (Å²) < 4.78 is 37.6. The van der Waals surface area contributed by atoms with Crippen molar-refractivity contribution in [2.45, 2.75) is 52.1 Å². The molecule has 0 aromatic heterocycles. The molecule has 0 amide bonds. The van der Waals surface area contributed by atoms with Crippen molar-refractivity contribution in [2.24, 2.45) is 5.41 Å². The van der Waals surface area contributed by atoms with E-state index in [9.17, 15) is 13.2 Å². The van der Waals surface area contributed by atoms with Gasteiger partial charge in [-0.25, -0.2) is 0 Å². The highest BCUT2D eigenvalue weighted by molar-refractivity contribution is 9.09. The van der Waals surface area contributed by atoms with Crippen molar-refractivity contribution in [1.29, 1.82) is 0 Å². The van der Waals surface area contributed by atoms with E-state index in [1.807, 2.05) is 0 Å². The molecular formula is C16H22BrF3. The number of rotatable bonds is 7. The number of halogens is 4. The van der Waals surface area contributed by atoms with E-state index in [1.54, 1.807) is 12.1 Å². The molecule has 1 aromatic rings. The van der Waals surface area contributed by atoms with Gasteiger partial charge in [0.2, 0.25) is 0 Å². The third kappa shape index (κ3) is 4.80. The third-order valence-electron chi connectivity index (χ3n) is 3.95. The highest BCUT2D eigenvalue weighted by atomic mass is 79.9. The SMILES string of the molecule is CCCCC(CC)(CBr)Cc1ccc(C(F)(F)F)cc1.